The summed E-state index contributed by atoms with van der Waals surface area (Å²) >= 11 is 0. The highest BCUT2D eigenvalue weighted by atomic mass is 14.3. The minimum absolute atomic E-state index is 0.941. The van der Waals surface area contributed by atoms with Crippen LogP contribution in [0.25, 0.3) is 0 Å². The summed E-state index contributed by atoms with van der Waals surface area (Å²) in [6.07, 6.45) is 8.44. The Hall–Kier alpha value is -0.520. The van der Waals surface area contributed by atoms with E-state index in [-0.39, 0.29) is 0 Å². The first kappa shape index (κ1) is 8.58. The maximum atomic E-state index is 2.26. The molecule has 0 aliphatic heterocycles. The zero-order chi connectivity index (χ0) is 8.27. The SMILES string of the molecule is CC=CC(C)=C1CC1CCC. The molecule has 0 aromatic carbocycles. The monoisotopic (exact) mass is 150 g/mol. The van der Waals surface area contributed by atoms with Gasteiger partial charge in [-0.1, -0.05) is 36.6 Å². The smallest absolute Gasteiger partial charge is 0.0160 e. The van der Waals surface area contributed by atoms with Gasteiger partial charge in [0.05, 0.1) is 0 Å². The molecule has 62 valence electrons. The summed E-state index contributed by atoms with van der Waals surface area (Å²) in [5.74, 6) is 0.941. The van der Waals surface area contributed by atoms with Gasteiger partial charge in [-0.3, -0.25) is 0 Å². The third-order valence-electron chi connectivity index (χ3n) is 2.36. The highest BCUT2D eigenvalue weighted by Crippen LogP contribution is 2.43. The molecule has 1 unspecified atom stereocenters. The lowest BCUT2D eigenvalue weighted by molar-refractivity contribution is 0.726. The first-order valence-corrected chi connectivity index (χ1v) is 4.62. The molecule has 1 saturated carbocycles. The van der Waals surface area contributed by atoms with E-state index in [0.717, 1.165) is 5.92 Å². The molecule has 1 rings (SSSR count). The fraction of sp³-hybridized carbons (Fsp3) is 0.636. The van der Waals surface area contributed by atoms with Crippen molar-refractivity contribution in [3.05, 3.63) is 23.3 Å². The molecular weight excluding hydrogens is 132 g/mol. The minimum atomic E-state index is 0.941. The molecule has 1 aliphatic carbocycles. The van der Waals surface area contributed by atoms with Crippen LogP contribution in [-0.2, 0) is 0 Å². The Labute approximate surface area is 70.0 Å². The van der Waals surface area contributed by atoms with Crippen LogP contribution in [0, 0.1) is 5.92 Å². The van der Waals surface area contributed by atoms with Crippen molar-refractivity contribution in [1.29, 1.82) is 0 Å². The van der Waals surface area contributed by atoms with E-state index in [2.05, 4.69) is 32.9 Å². The highest BCUT2D eigenvalue weighted by Gasteiger charge is 2.29. The molecule has 0 aromatic heterocycles. The maximum absolute atomic E-state index is 2.26. The Bertz CT molecular complexity index is 184. The molecule has 0 heterocycles. The zero-order valence-corrected chi connectivity index (χ0v) is 7.85. The van der Waals surface area contributed by atoms with Gasteiger partial charge in [-0.15, -0.1) is 0 Å². The van der Waals surface area contributed by atoms with E-state index in [1.165, 1.54) is 24.8 Å². The van der Waals surface area contributed by atoms with Gasteiger partial charge in [0.2, 0.25) is 0 Å². The van der Waals surface area contributed by atoms with Crippen molar-refractivity contribution in [3.8, 4) is 0 Å². The molecule has 0 heteroatoms. The molecule has 0 saturated heterocycles. The number of hydrogen-bond donors (Lipinski definition) is 0. The topological polar surface area (TPSA) is 0 Å². The van der Waals surface area contributed by atoms with Crippen LogP contribution in [0.2, 0.25) is 0 Å². The van der Waals surface area contributed by atoms with E-state index >= 15 is 0 Å². The van der Waals surface area contributed by atoms with Crippen molar-refractivity contribution in [2.75, 3.05) is 0 Å². The molecule has 1 atom stereocenters. The molecule has 0 spiro atoms. The van der Waals surface area contributed by atoms with Crippen LogP contribution in [0.15, 0.2) is 23.3 Å². The Morgan fingerprint density at radius 3 is 2.91 bits per heavy atom. The van der Waals surface area contributed by atoms with Crippen molar-refractivity contribution in [1.82, 2.24) is 0 Å². The van der Waals surface area contributed by atoms with Gasteiger partial charge in [-0.25, -0.2) is 0 Å². The molecule has 0 nitrogen and oxygen atoms in total. The quantitative estimate of drug-likeness (QED) is 0.575. The lowest BCUT2D eigenvalue weighted by Gasteiger charge is -1.90. The molecule has 0 N–H and O–H groups in total. The summed E-state index contributed by atoms with van der Waals surface area (Å²) in [5.41, 5.74) is 3.20. The second-order valence-electron chi connectivity index (χ2n) is 3.40. The number of allylic oxidation sites excluding steroid dienone is 4. The summed E-state index contributed by atoms with van der Waals surface area (Å²) in [4.78, 5) is 0. The van der Waals surface area contributed by atoms with Crippen LogP contribution in [0.3, 0.4) is 0 Å². The summed E-state index contributed by atoms with van der Waals surface area (Å²) in [7, 11) is 0. The summed E-state index contributed by atoms with van der Waals surface area (Å²) in [6.45, 7) is 6.58. The standard InChI is InChI=1S/C11H18/c1-4-6-9(3)11-8-10(11)7-5-2/h4,6,10H,5,7-8H2,1-3H3. The van der Waals surface area contributed by atoms with Crippen molar-refractivity contribution in [2.24, 2.45) is 5.92 Å². The normalized spacial score (nSPS) is 27.7. The first-order chi connectivity index (χ1) is 5.29. The van der Waals surface area contributed by atoms with Crippen molar-refractivity contribution >= 4 is 0 Å². The van der Waals surface area contributed by atoms with E-state index in [1.54, 1.807) is 5.57 Å². The Kier molecular flexibility index (Phi) is 2.92. The van der Waals surface area contributed by atoms with Gasteiger partial charge in [0, 0.05) is 0 Å². The van der Waals surface area contributed by atoms with Gasteiger partial charge in [0.15, 0.2) is 0 Å². The number of rotatable bonds is 3. The van der Waals surface area contributed by atoms with Crippen molar-refractivity contribution in [2.45, 2.75) is 40.0 Å². The van der Waals surface area contributed by atoms with Gasteiger partial charge in [0.1, 0.15) is 0 Å². The lowest BCUT2D eigenvalue weighted by Crippen LogP contribution is -1.74. The second kappa shape index (κ2) is 3.75. The molecule has 0 amide bonds. The molecule has 11 heavy (non-hydrogen) atoms. The molecular formula is C11H18. The average molecular weight is 150 g/mol. The van der Waals surface area contributed by atoms with Crippen LogP contribution in [0.1, 0.15) is 40.0 Å². The Balaban J connectivity index is 2.45. The van der Waals surface area contributed by atoms with Gasteiger partial charge in [0.25, 0.3) is 0 Å². The molecule has 0 bridgehead atoms. The third kappa shape index (κ3) is 2.21. The lowest BCUT2D eigenvalue weighted by atomic mass is 10.2. The van der Waals surface area contributed by atoms with Crippen LogP contribution < -0.4 is 0 Å². The predicted octanol–water partition coefficient (Wildman–Crippen LogP) is 3.70. The maximum Gasteiger partial charge on any atom is -0.0160 e. The van der Waals surface area contributed by atoms with E-state index in [1.807, 2.05) is 0 Å². The average Bonchev–Trinajstić information content (AvgIpc) is 2.69. The van der Waals surface area contributed by atoms with Gasteiger partial charge in [-0.2, -0.15) is 0 Å². The zero-order valence-electron chi connectivity index (χ0n) is 7.85. The van der Waals surface area contributed by atoms with Crippen molar-refractivity contribution < 1.29 is 0 Å². The molecule has 0 aromatic rings. The first-order valence-electron chi connectivity index (χ1n) is 4.62. The van der Waals surface area contributed by atoms with Crippen LogP contribution in [-0.4, -0.2) is 0 Å². The van der Waals surface area contributed by atoms with Gasteiger partial charge < -0.3 is 0 Å². The second-order valence-corrected chi connectivity index (χ2v) is 3.40. The summed E-state index contributed by atoms with van der Waals surface area (Å²) in [6, 6.07) is 0. The Morgan fingerprint density at radius 1 is 1.64 bits per heavy atom. The largest absolute Gasteiger partial charge is 0.0874 e. The van der Waals surface area contributed by atoms with Crippen LogP contribution >= 0.6 is 0 Å². The van der Waals surface area contributed by atoms with Crippen LogP contribution in [0.4, 0.5) is 0 Å². The predicted molar refractivity (Wildman–Crippen MR) is 50.5 cm³/mol. The minimum Gasteiger partial charge on any atom is -0.0874 e. The van der Waals surface area contributed by atoms with E-state index in [9.17, 15) is 0 Å². The molecule has 1 aliphatic rings. The highest BCUT2D eigenvalue weighted by molar-refractivity contribution is 5.34. The van der Waals surface area contributed by atoms with Gasteiger partial charge in [-0.05, 0) is 32.6 Å². The molecule has 0 radical (unpaired) electrons. The van der Waals surface area contributed by atoms with Gasteiger partial charge >= 0.3 is 0 Å². The fourth-order valence-electron chi connectivity index (χ4n) is 1.67. The van der Waals surface area contributed by atoms with E-state index in [0.29, 0.717) is 0 Å². The van der Waals surface area contributed by atoms with Crippen LogP contribution in [0.5, 0.6) is 0 Å². The molecule has 1 fully saturated rings. The summed E-state index contributed by atoms with van der Waals surface area (Å²) < 4.78 is 0. The van der Waals surface area contributed by atoms with E-state index in [4.69, 9.17) is 0 Å². The number of hydrogen-bond acceptors (Lipinski definition) is 0. The van der Waals surface area contributed by atoms with Crippen molar-refractivity contribution in [3.63, 3.8) is 0 Å². The third-order valence-corrected chi connectivity index (χ3v) is 2.36. The van der Waals surface area contributed by atoms with E-state index < -0.39 is 0 Å². The Morgan fingerprint density at radius 2 is 2.36 bits per heavy atom. The fourth-order valence-corrected chi connectivity index (χ4v) is 1.67. The summed E-state index contributed by atoms with van der Waals surface area (Å²) in [5, 5.41) is 0.